The van der Waals surface area contributed by atoms with Gasteiger partial charge >= 0.3 is 0 Å². The van der Waals surface area contributed by atoms with Crippen molar-refractivity contribution in [2.45, 2.75) is 26.8 Å². The van der Waals surface area contributed by atoms with Crippen LogP contribution in [0.4, 0.5) is 5.69 Å². The highest BCUT2D eigenvalue weighted by Crippen LogP contribution is 2.31. The van der Waals surface area contributed by atoms with E-state index in [9.17, 15) is 9.59 Å². The molecule has 1 aliphatic heterocycles. The second-order valence-corrected chi connectivity index (χ2v) is 9.83. The number of allylic oxidation sites excluding steroid dienone is 1. The number of carbonyl (C=O) groups is 1. The van der Waals surface area contributed by atoms with Gasteiger partial charge in [-0.1, -0.05) is 71.5 Å². The normalized spacial score (nSPS) is 15.2. The molecule has 0 radical (unpaired) electrons. The number of aromatic nitrogens is 1. The number of hydrogen-bond acceptors (Lipinski definition) is 5. The van der Waals surface area contributed by atoms with Crippen molar-refractivity contribution in [3.05, 3.63) is 127 Å². The Kier molecular flexibility index (Phi) is 6.88. The van der Waals surface area contributed by atoms with E-state index in [1.165, 1.54) is 11.3 Å². The molecule has 1 amide bonds. The van der Waals surface area contributed by atoms with Gasteiger partial charge in [0.1, 0.15) is 5.75 Å². The first kappa shape index (κ1) is 24.5. The molecule has 0 spiro atoms. The predicted octanol–water partition coefficient (Wildman–Crippen LogP) is 4.58. The molecule has 6 nitrogen and oxygen atoms in total. The van der Waals surface area contributed by atoms with Gasteiger partial charge in [-0.2, -0.15) is 0 Å². The van der Waals surface area contributed by atoms with Gasteiger partial charge in [0.2, 0.25) is 0 Å². The lowest BCUT2D eigenvalue weighted by molar-refractivity contribution is -0.113. The van der Waals surface area contributed by atoms with Crippen LogP contribution in [0.3, 0.4) is 0 Å². The Morgan fingerprint density at radius 3 is 2.51 bits per heavy atom. The second kappa shape index (κ2) is 10.4. The standard InChI is InChI=1S/C30H27N3O3S/c1-4-36-24-15-13-22(14-16-24)27-26(28(34)32-23-11-6-5-7-12-23)20(3)31-30-33(27)29(35)25(37-30)18-21-10-8-9-19(2)17-21/h5-18,27H,4H2,1-3H3,(H,32,34)/b25-18+/t27-/m1/s1. The molecule has 0 saturated carbocycles. The molecule has 1 aliphatic rings. The van der Waals surface area contributed by atoms with E-state index >= 15 is 0 Å². The van der Waals surface area contributed by atoms with Crippen LogP contribution in [0, 0.1) is 6.92 Å². The Balaban J connectivity index is 1.66. The lowest BCUT2D eigenvalue weighted by atomic mass is 9.95. The number of carbonyl (C=O) groups excluding carboxylic acids is 1. The molecule has 7 heteroatoms. The van der Waals surface area contributed by atoms with Gasteiger partial charge in [0, 0.05) is 5.69 Å². The van der Waals surface area contributed by atoms with Gasteiger partial charge < -0.3 is 10.1 Å². The number of amides is 1. The summed E-state index contributed by atoms with van der Waals surface area (Å²) in [6, 6.07) is 24.2. The fourth-order valence-corrected chi connectivity index (χ4v) is 5.52. The van der Waals surface area contributed by atoms with Gasteiger partial charge in [-0.05, 0) is 62.2 Å². The average Bonchev–Trinajstić information content (AvgIpc) is 3.18. The van der Waals surface area contributed by atoms with E-state index in [2.05, 4.69) is 5.32 Å². The maximum absolute atomic E-state index is 13.8. The summed E-state index contributed by atoms with van der Waals surface area (Å²) in [5, 5.41) is 2.98. The Bertz CT molecular complexity index is 1670. The molecule has 1 atom stereocenters. The van der Waals surface area contributed by atoms with Crippen LogP contribution in [-0.2, 0) is 4.79 Å². The third kappa shape index (κ3) is 5.04. The number of nitrogens with zero attached hydrogens (tertiary/aromatic N) is 2. The first-order valence-corrected chi connectivity index (χ1v) is 12.9. The van der Waals surface area contributed by atoms with Gasteiger partial charge in [0.05, 0.1) is 28.5 Å². The van der Waals surface area contributed by atoms with Crippen molar-refractivity contribution in [2.75, 3.05) is 11.9 Å². The maximum Gasteiger partial charge on any atom is 0.271 e. The fourth-order valence-electron chi connectivity index (χ4n) is 4.47. The molecule has 0 saturated heterocycles. The van der Waals surface area contributed by atoms with Crippen LogP contribution in [0.1, 0.15) is 36.6 Å². The number of benzene rings is 3. The van der Waals surface area contributed by atoms with Crippen LogP contribution in [0.25, 0.3) is 6.08 Å². The predicted molar refractivity (Wildman–Crippen MR) is 148 cm³/mol. The minimum Gasteiger partial charge on any atom is -0.494 e. The van der Waals surface area contributed by atoms with Gasteiger partial charge in [-0.25, -0.2) is 4.99 Å². The number of para-hydroxylation sites is 1. The maximum atomic E-state index is 13.8. The number of nitrogens with one attached hydrogen (secondary N) is 1. The number of hydrogen-bond donors (Lipinski definition) is 1. The van der Waals surface area contributed by atoms with Crippen molar-refractivity contribution < 1.29 is 9.53 Å². The number of thiazole rings is 1. The molecule has 186 valence electrons. The van der Waals surface area contributed by atoms with Gasteiger partial charge in [-0.15, -0.1) is 0 Å². The number of anilines is 1. The minimum absolute atomic E-state index is 0.179. The molecule has 0 bridgehead atoms. The van der Waals surface area contributed by atoms with Crippen molar-refractivity contribution in [1.29, 1.82) is 0 Å². The number of fused-ring (bicyclic) bond motifs is 1. The Morgan fingerprint density at radius 2 is 1.81 bits per heavy atom. The fraction of sp³-hybridized carbons (Fsp3) is 0.167. The molecule has 4 aromatic rings. The molecular weight excluding hydrogens is 482 g/mol. The third-order valence-corrected chi connectivity index (χ3v) is 7.13. The highest BCUT2D eigenvalue weighted by Gasteiger charge is 2.32. The molecule has 1 N–H and O–H groups in total. The minimum atomic E-state index is -0.629. The first-order valence-electron chi connectivity index (χ1n) is 12.1. The van der Waals surface area contributed by atoms with E-state index in [1.807, 2.05) is 106 Å². The van der Waals surface area contributed by atoms with Gasteiger partial charge in [-0.3, -0.25) is 14.2 Å². The zero-order valence-corrected chi connectivity index (χ0v) is 21.7. The van der Waals surface area contributed by atoms with Crippen molar-refractivity contribution in [3.8, 4) is 5.75 Å². The Hall–Kier alpha value is -4.23. The molecule has 1 aromatic heterocycles. The number of rotatable bonds is 6. The summed E-state index contributed by atoms with van der Waals surface area (Å²) in [6.45, 7) is 6.32. The van der Waals surface area contributed by atoms with Crippen molar-refractivity contribution in [1.82, 2.24) is 4.57 Å². The van der Waals surface area contributed by atoms with Crippen molar-refractivity contribution in [2.24, 2.45) is 4.99 Å². The average molecular weight is 510 g/mol. The molecular formula is C30H27N3O3S. The number of ether oxygens (including phenoxy) is 1. The molecule has 0 fully saturated rings. The van der Waals surface area contributed by atoms with Crippen LogP contribution in [-0.4, -0.2) is 17.1 Å². The van der Waals surface area contributed by atoms with Crippen molar-refractivity contribution in [3.63, 3.8) is 0 Å². The molecule has 0 unspecified atom stereocenters. The zero-order chi connectivity index (χ0) is 25.9. The zero-order valence-electron chi connectivity index (χ0n) is 20.9. The van der Waals surface area contributed by atoms with Gasteiger partial charge in [0.15, 0.2) is 4.80 Å². The van der Waals surface area contributed by atoms with Crippen LogP contribution in [0.5, 0.6) is 5.75 Å². The van der Waals surface area contributed by atoms with E-state index in [1.54, 1.807) is 4.57 Å². The highest BCUT2D eigenvalue weighted by molar-refractivity contribution is 7.07. The Labute approximate surface area is 218 Å². The Morgan fingerprint density at radius 1 is 1.05 bits per heavy atom. The summed E-state index contributed by atoms with van der Waals surface area (Å²) in [6.07, 6.45) is 1.88. The van der Waals surface area contributed by atoms with E-state index in [4.69, 9.17) is 9.73 Å². The van der Waals surface area contributed by atoms with E-state index < -0.39 is 6.04 Å². The van der Waals surface area contributed by atoms with Crippen LogP contribution in [0.15, 0.2) is 99.9 Å². The monoisotopic (exact) mass is 509 g/mol. The van der Waals surface area contributed by atoms with Crippen LogP contribution in [0.2, 0.25) is 0 Å². The van der Waals surface area contributed by atoms with Crippen LogP contribution >= 0.6 is 11.3 Å². The summed E-state index contributed by atoms with van der Waals surface area (Å²) in [7, 11) is 0. The molecule has 0 aliphatic carbocycles. The van der Waals surface area contributed by atoms with E-state index in [0.29, 0.717) is 32.9 Å². The third-order valence-electron chi connectivity index (χ3n) is 6.14. The molecule has 2 heterocycles. The molecule has 3 aromatic carbocycles. The second-order valence-electron chi connectivity index (χ2n) is 8.82. The first-order chi connectivity index (χ1) is 17.9. The van der Waals surface area contributed by atoms with E-state index in [0.717, 1.165) is 22.4 Å². The molecule has 5 rings (SSSR count). The molecule has 37 heavy (non-hydrogen) atoms. The summed E-state index contributed by atoms with van der Waals surface area (Å²) >= 11 is 1.33. The topological polar surface area (TPSA) is 72.7 Å². The lowest BCUT2D eigenvalue weighted by Gasteiger charge is -2.25. The largest absolute Gasteiger partial charge is 0.494 e. The van der Waals surface area contributed by atoms with Crippen LogP contribution < -0.4 is 24.9 Å². The smallest absolute Gasteiger partial charge is 0.271 e. The quantitative estimate of drug-likeness (QED) is 0.414. The SMILES string of the molecule is CCOc1ccc([C@@H]2C(C(=O)Nc3ccccc3)=C(C)N=c3s/c(=C/c4cccc(C)c4)c(=O)n32)cc1. The van der Waals surface area contributed by atoms with E-state index in [-0.39, 0.29) is 11.5 Å². The highest BCUT2D eigenvalue weighted by atomic mass is 32.1. The summed E-state index contributed by atoms with van der Waals surface area (Å²) in [5.41, 5.74) is 4.37. The van der Waals surface area contributed by atoms with Gasteiger partial charge in [0.25, 0.3) is 11.5 Å². The summed E-state index contributed by atoms with van der Waals surface area (Å²) in [5.74, 6) is 0.438. The van der Waals surface area contributed by atoms with Crippen molar-refractivity contribution >= 4 is 29.0 Å². The summed E-state index contributed by atoms with van der Waals surface area (Å²) in [4.78, 5) is 32.7. The lowest BCUT2D eigenvalue weighted by Crippen LogP contribution is -2.40. The summed E-state index contributed by atoms with van der Waals surface area (Å²) < 4.78 is 7.82. The number of aryl methyl sites for hydroxylation is 1.